The van der Waals surface area contributed by atoms with Gasteiger partial charge in [-0.15, -0.1) is 4.79 Å². The van der Waals surface area contributed by atoms with E-state index < -0.39 is 0 Å². The van der Waals surface area contributed by atoms with E-state index in [-0.39, 0.29) is 5.95 Å². The summed E-state index contributed by atoms with van der Waals surface area (Å²) in [7, 11) is 1.59. The second-order valence-electron chi connectivity index (χ2n) is 5.29. The fraction of sp³-hybridized carbons (Fsp3) is 0.188. The van der Waals surface area contributed by atoms with Crippen molar-refractivity contribution in [2.75, 3.05) is 18.3 Å². The van der Waals surface area contributed by atoms with Gasteiger partial charge in [-0.25, -0.2) is 0 Å². The average molecular weight is 440 g/mol. The zero-order valence-corrected chi connectivity index (χ0v) is 16.2. The minimum atomic E-state index is 0.177. The number of nitrogens with zero attached hydrogens (tertiary/aromatic N) is 4. The van der Waals surface area contributed by atoms with E-state index in [0.717, 1.165) is 15.6 Å². The predicted molar refractivity (Wildman–Crippen MR) is 102 cm³/mol. The number of nitrogens with one attached hydrogen (secondary N) is 1. The Morgan fingerprint density at radius 1 is 1.23 bits per heavy atom. The van der Waals surface area contributed by atoms with E-state index in [1.165, 1.54) is 4.79 Å². The van der Waals surface area contributed by atoms with Gasteiger partial charge in [0.2, 0.25) is 0 Å². The first-order chi connectivity index (χ1) is 12.6. The largest absolute Gasteiger partial charge is 0.493 e. The van der Waals surface area contributed by atoms with E-state index in [0.29, 0.717) is 29.7 Å². The van der Waals surface area contributed by atoms with Gasteiger partial charge in [-0.1, -0.05) is 44.8 Å². The van der Waals surface area contributed by atoms with Gasteiger partial charge in [-0.05, 0) is 45.8 Å². The van der Waals surface area contributed by atoms with Crippen LogP contribution in [-0.2, 0) is 13.2 Å². The second-order valence-corrected chi connectivity index (χ2v) is 6.58. The summed E-state index contributed by atoms with van der Waals surface area (Å²) in [6.07, 6.45) is 0. The summed E-state index contributed by atoms with van der Waals surface area (Å²) < 4.78 is 12.2. The average Bonchev–Trinajstić information content (AvgIpc) is 3.05. The number of halogens is 2. The van der Waals surface area contributed by atoms with Crippen LogP contribution in [0.15, 0.2) is 40.9 Å². The quantitative estimate of drug-likeness (QED) is 0.583. The normalized spacial score (nSPS) is 10.6. The van der Waals surface area contributed by atoms with Gasteiger partial charge in [0.15, 0.2) is 11.5 Å². The minimum absolute atomic E-state index is 0.177. The third kappa shape index (κ3) is 4.36. The van der Waals surface area contributed by atoms with Gasteiger partial charge in [-0.2, -0.15) is 0 Å². The summed E-state index contributed by atoms with van der Waals surface area (Å²) in [6.45, 7) is 0.836. The van der Waals surface area contributed by atoms with Gasteiger partial charge in [0.05, 0.1) is 13.7 Å². The number of anilines is 1. The lowest BCUT2D eigenvalue weighted by Crippen LogP contribution is -2.18. The topological polar surface area (TPSA) is 100 Å². The molecule has 2 aromatic carbocycles. The molecule has 0 bridgehead atoms. The van der Waals surface area contributed by atoms with E-state index in [1.54, 1.807) is 7.11 Å². The molecule has 0 radical (unpaired) electrons. The van der Waals surface area contributed by atoms with Gasteiger partial charge < -0.3 is 20.6 Å². The molecule has 0 aliphatic rings. The molecular formula is C16H16BrClN6O2. The Kier molecular flexibility index (Phi) is 5.79. The van der Waals surface area contributed by atoms with Crippen molar-refractivity contribution in [2.24, 2.45) is 0 Å². The fourth-order valence-electron chi connectivity index (χ4n) is 2.19. The lowest BCUT2D eigenvalue weighted by molar-refractivity contribution is 0.284. The highest BCUT2D eigenvalue weighted by molar-refractivity contribution is 9.10. The van der Waals surface area contributed by atoms with Gasteiger partial charge in [0.1, 0.15) is 6.61 Å². The molecule has 1 aromatic heterocycles. The molecule has 0 spiro atoms. The van der Waals surface area contributed by atoms with Crippen molar-refractivity contribution in [3.05, 3.63) is 57.0 Å². The van der Waals surface area contributed by atoms with Crippen molar-refractivity contribution < 1.29 is 9.47 Å². The standard InChI is InChI=1S/C16H16BrClN6O2/c1-25-14-6-11(8-20-24-16(19)21-22-23-24)13(17)7-15(14)26-9-10-2-4-12(18)5-3-10/h2-7,20H,8-9H2,1H3,(H2,19,21,23). The smallest absolute Gasteiger partial charge is 0.260 e. The summed E-state index contributed by atoms with van der Waals surface area (Å²) >= 11 is 9.44. The van der Waals surface area contributed by atoms with Crippen LogP contribution in [0.3, 0.4) is 0 Å². The van der Waals surface area contributed by atoms with Gasteiger partial charge >= 0.3 is 0 Å². The maximum absolute atomic E-state index is 5.90. The molecule has 0 atom stereocenters. The van der Waals surface area contributed by atoms with Crippen molar-refractivity contribution in [1.82, 2.24) is 20.3 Å². The number of hydrogen-bond donors (Lipinski definition) is 2. The predicted octanol–water partition coefficient (Wildman–Crippen LogP) is 3.00. The third-order valence-electron chi connectivity index (χ3n) is 3.55. The molecule has 8 nitrogen and oxygen atoms in total. The number of tetrazole rings is 1. The fourth-order valence-corrected chi connectivity index (χ4v) is 2.78. The molecule has 0 saturated heterocycles. The first-order valence-electron chi connectivity index (χ1n) is 7.58. The zero-order chi connectivity index (χ0) is 18.5. The molecule has 136 valence electrons. The molecule has 10 heteroatoms. The summed E-state index contributed by atoms with van der Waals surface area (Å²) in [5.74, 6) is 1.42. The Labute approximate surface area is 163 Å². The number of ether oxygens (including phenoxy) is 2. The highest BCUT2D eigenvalue weighted by Gasteiger charge is 2.11. The molecule has 26 heavy (non-hydrogen) atoms. The van der Waals surface area contributed by atoms with Gasteiger partial charge in [-0.3, -0.25) is 0 Å². The molecule has 0 fully saturated rings. The molecule has 0 saturated carbocycles. The number of aromatic nitrogens is 4. The van der Waals surface area contributed by atoms with Crippen LogP contribution in [-0.4, -0.2) is 27.4 Å². The van der Waals surface area contributed by atoms with Crippen molar-refractivity contribution in [3.8, 4) is 11.5 Å². The van der Waals surface area contributed by atoms with Crippen LogP contribution in [0.2, 0.25) is 5.02 Å². The SMILES string of the molecule is COc1cc(CNn2nnnc2N)c(Br)cc1OCc1ccc(Cl)cc1. The van der Waals surface area contributed by atoms with Crippen LogP contribution in [0.4, 0.5) is 5.95 Å². The number of nitrogen functional groups attached to an aromatic ring is 1. The Morgan fingerprint density at radius 2 is 2.00 bits per heavy atom. The maximum Gasteiger partial charge on any atom is 0.260 e. The van der Waals surface area contributed by atoms with Gasteiger partial charge in [0.25, 0.3) is 5.95 Å². The molecule has 0 amide bonds. The number of benzene rings is 2. The summed E-state index contributed by atoms with van der Waals surface area (Å²) in [6, 6.07) is 11.2. The number of rotatable bonds is 7. The van der Waals surface area contributed by atoms with Crippen molar-refractivity contribution in [2.45, 2.75) is 13.2 Å². The first kappa shape index (κ1) is 18.3. The van der Waals surface area contributed by atoms with Crippen LogP contribution in [0.1, 0.15) is 11.1 Å². The lowest BCUT2D eigenvalue weighted by Gasteiger charge is -2.15. The molecule has 0 aliphatic carbocycles. The Bertz CT molecular complexity index is 887. The first-order valence-corrected chi connectivity index (χ1v) is 8.75. The summed E-state index contributed by atoms with van der Waals surface area (Å²) in [5.41, 5.74) is 10.6. The Balaban J connectivity index is 1.71. The highest BCUT2D eigenvalue weighted by atomic mass is 79.9. The van der Waals surface area contributed by atoms with Crippen molar-refractivity contribution >= 4 is 33.5 Å². The highest BCUT2D eigenvalue weighted by Crippen LogP contribution is 2.34. The van der Waals surface area contributed by atoms with E-state index in [9.17, 15) is 0 Å². The molecule has 3 N–H and O–H groups in total. The molecule has 1 heterocycles. The molecular weight excluding hydrogens is 424 g/mol. The van der Waals surface area contributed by atoms with Crippen LogP contribution in [0.25, 0.3) is 0 Å². The van der Waals surface area contributed by atoms with Crippen LogP contribution < -0.4 is 20.6 Å². The maximum atomic E-state index is 5.90. The monoisotopic (exact) mass is 438 g/mol. The van der Waals surface area contributed by atoms with Crippen molar-refractivity contribution in [3.63, 3.8) is 0 Å². The minimum Gasteiger partial charge on any atom is -0.493 e. The van der Waals surface area contributed by atoms with E-state index >= 15 is 0 Å². The number of methoxy groups -OCH3 is 1. The van der Waals surface area contributed by atoms with E-state index in [1.807, 2.05) is 36.4 Å². The number of hydrogen-bond acceptors (Lipinski definition) is 7. The number of nitrogens with two attached hydrogens (primary N) is 1. The third-order valence-corrected chi connectivity index (χ3v) is 4.54. The Morgan fingerprint density at radius 3 is 2.65 bits per heavy atom. The van der Waals surface area contributed by atoms with Crippen LogP contribution in [0.5, 0.6) is 11.5 Å². The van der Waals surface area contributed by atoms with Gasteiger partial charge in [0, 0.05) is 9.50 Å². The van der Waals surface area contributed by atoms with Crippen LogP contribution >= 0.6 is 27.5 Å². The summed E-state index contributed by atoms with van der Waals surface area (Å²) in [5, 5.41) is 11.5. The molecule has 0 unspecified atom stereocenters. The van der Waals surface area contributed by atoms with Crippen LogP contribution in [0, 0.1) is 0 Å². The molecule has 3 rings (SSSR count). The zero-order valence-electron chi connectivity index (χ0n) is 13.8. The molecule has 0 aliphatic heterocycles. The molecule has 3 aromatic rings. The van der Waals surface area contributed by atoms with E-state index in [4.69, 9.17) is 26.8 Å². The lowest BCUT2D eigenvalue weighted by atomic mass is 10.2. The van der Waals surface area contributed by atoms with Crippen molar-refractivity contribution in [1.29, 1.82) is 0 Å². The van der Waals surface area contributed by atoms with E-state index in [2.05, 4.69) is 36.9 Å². The summed E-state index contributed by atoms with van der Waals surface area (Å²) in [4.78, 5) is 1.30. The second kappa shape index (κ2) is 8.24. The Hall–Kier alpha value is -2.52.